The van der Waals surface area contributed by atoms with Crippen molar-refractivity contribution in [3.8, 4) is 10.6 Å². The summed E-state index contributed by atoms with van der Waals surface area (Å²) in [4.78, 5) is 4.85. The van der Waals surface area contributed by atoms with Crippen LogP contribution < -0.4 is 4.90 Å². The predicted octanol–water partition coefficient (Wildman–Crippen LogP) is 3.35. The van der Waals surface area contributed by atoms with E-state index >= 15 is 0 Å². The molecule has 0 spiro atoms. The van der Waals surface area contributed by atoms with E-state index in [9.17, 15) is 0 Å². The van der Waals surface area contributed by atoms with Crippen LogP contribution in [0.5, 0.6) is 0 Å². The summed E-state index contributed by atoms with van der Waals surface area (Å²) >= 11 is 1.69. The lowest BCUT2D eigenvalue weighted by molar-refractivity contribution is 0.200. The minimum atomic E-state index is 0.599. The van der Waals surface area contributed by atoms with Gasteiger partial charge in [0.15, 0.2) is 0 Å². The molecule has 3 heterocycles. The lowest BCUT2D eigenvalue weighted by atomic mass is 10.0. The molecule has 0 amide bonds. The molecule has 0 unspecified atom stereocenters. The van der Waals surface area contributed by atoms with E-state index in [2.05, 4.69) is 51.2 Å². The number of benzene rings is 1. The highest BCUT2D eigenvalue weighted by Crippen LogP contribution is 2.30. The van der Waals surface area contributed by atoms with Crippen LogP contribution in [0.25, 0.3) is 10.6 Å². The molecular weight excluding hydrogens is 356 g/mol. The van der Waals surface area contributed by atoms with Gasteiger partial charge in [-0.3, -0.25) is 9.58 Å². The van der Waals surface area contributed by atoms with Crippen LogP contribution in [0, 0.1) is 6.92 Å². The fourth-order valence-corrected chi connectivity index (χ4v) is 4.54. The largest absolute Gasteiger partial charge is 0.347 e. The molecule has 1 fully saturated rings. The van der Waals surface area contributed by atoms with Crippen LogP contribution in [0.15, 0.2) is 36.5 Å². The van der Waals surface area contributed by atoms with Crippen molar-refractivity contribution in [2.75, 3.05) is 25.0 Å². The van der Waals surface area contributed by atoms with Gasteiger partial charge in [0.1, 0.15) is 5.01 Å². The number of anilines is 1. The Bertz CT molecular complexity index is 879. The average molecular weight is 383 g/mol. The van der Waals surface area contributed by atoms with Gasteiger partial charge >= 0.3 is 0 Å². The summed E-state index contributed by atoms with van der Waals surface area (Å²) in [5.74, 6) is 0. The molecule has 7 heteroatoms. The first-order chi connectivity index (χ1) is 13.1. The minimum Gasteiger partial charge on any atom is -0.347 e. The highest BCUT2D eigenvalue weighted by Gasteiger charge is 2.25. The van der Waals surface area contributed by atoms with Crippen molar-refractivity contribution in [2.24, 2.45) is 7.05 Å². The van der Waals surface area contributed by atoms with Crippen LogP contribution in [-0.4, -0.2) is 51.1 Å². The van der Waals surface area contributed by atoms with E-state index in [4.69, 9.17) is 0 Å². The van der Waals surface area contributed by atoms with Crippen LogP contribution in [0.2, 0.25) is 0 Å². The number of nitrogens with zero attached hydrogens (tertiary/aromatic N) is 6. The van der Waals surface area contributed by atoms with E-state index in [-0.39, 0.29) is 0 Å². The molecule has 1 aliphatic rings. The maximum Gasteiger partial charge on any atom is 0.208 e. The second-order valence-electron chi connectivity index (χ2n) is 7.27. The Morgan fingerprint density at radius 3 is 2.56 bits per heavy atom. The first-order valence-corrected chi connectivity index (χ1v) is 10.2. The molecule has 6 nitrogen and oxygen atoms in total. The van der Waals surface area contributed by atoms with E-state index in [0.29, 0.717) is 6.04 Å². The van der Waals surface area contributed by atoms with Gasteiger partial charge in [0, 0.05) is 49.5 Å². The van der Waals surface area contributed by atoms with E-state index in [0.717, 1.165) is 48.2 Å². The van der Waals surface area contributed by atoms with Gasteiger partial charge in [0.05, 0.1) is 6.20 Å². The van der Waals surface area contributed by atoms with Gasteiger partial charge in [-0.1, -0.05) is 41.7 Å². The van der Waals surface area contributed by atoms with Crippen molar-refractivity contribution < 1.29 is 0 Å². The quantitative estimate of drug-likeness (QED) is 0.677. The number of piperidine rings is 1. The van der Waals surface area contributed by atoms with Crippen molar-refractivity contribution >= 4 is 16.5 Å². The standard InChI is InChI=1S/C20H26N6S/c1-15-17(13-21-25(15)3)14-24(2)18-9-11-26(12-10-18)20-23-22-19(27-20)16-7-5-4-6-8-16/h4-8,13,18H,9-12,14H2,1-3H3. The third-order valence-electron chi connectivity index (χ3n) is 5.55. The first kappa shape index (κ1) is 18.1. The molecule has 0 saturated carbocycles. The smallest absolute Gasteiger partial charge is 0.208 e. The maximum atomic E-state index is 4.44. The SMILES string of the molecule is Cc1c(CN(C)C2CCN(c3nnc(-c4ccccc4)s3)CC2)cnn1C. The summed E-state index contributed by atoms with van der Waals surface area (Å²) in [7, 11) is 4.23. The summed E-state index contributed by atoms with van der Waals surface area (Å²) in [5.41, 5.74) is 3.71. The third kappa shape index (κ3) is 3.89. The van der Waals surface area contributed by atoms with E-state index in [1.807, 2.05) is 36.1 Å². The van der Waals surface area contributed by atoms with Gasteiger partial charge in [-0.15, -0.1) is 10.2 Å². The van der Waals surface area contributed by atoms with Crippen molar-refractivity contribution in [2.45, 2.75) is 32.4 Å². The highest BCUT2D eigenvalue weighted by atomic mass is 32.1. The molecule has 0 radical (unpaired) electrons. The van der Waals surface area contributed by atoms with Crippen LogP contribution in [0.1, 0.15) is 24.1 Å². The third-order valence-corrected chi connectivity index (χ3v) is 6.58. The van der Waals surface area contributed by atoms with E-state index < -0.39 is 0 Å². The fourth-order valence-electron chi connectivity index (χ4n) is 3.64. The predicted molar refractivity (Wildman–Crippen MR) is 110 cm³/mol. The van der Waals surface area contributed by atoms with Crippen molar-refractivity contribution in [3.05, 3.63) is 47.8 Å². The summed E-state index contributed by atoms with van der Waals surface area (Å²) in [6.07, 6.45) is 4.29. The van der Waals surface area contributed by atoms with Crippen molar-refractivity contribution in [1.29, 1.82) is 0 Å². The van der Waals surface area contributed by atoms with Gasteiger partial charge in [-0.2, -0.15) is 5.10 Å². The maximum absolute atomic E-state index is 4.44. The zero-order chi connectivity index (χ0) is 18.8. The molecule has 1 saturated heterocycles. The van der Waals surface area contributed by atoms with Gasteiger partial charge in [-0.05, 0) is 26.8 Å². The molecule has 4 rings (SSSR count). The van der Waals surface area contributed by atoms with Crippen LogP contribution in [0.4, 0.5) is 5.13 Å². The highest BCUT2D eigenvalue weighted by molar-refractivity contribution is 7.18. The monoisotopic (exact) mass is 382 g/mol. The second kappa shape index (κ2) is 7.78. The summed E-state index contributed by atoms with van der Waals surface area (Å²) < 4.78 is 1.95. The fraction of sp³-hybridized carbons (Fsp3) is 0.450. The number of hydrogen-bond donors (Lipinski definition) is 0. The average Bonchev–Trinajstić information content (AvgIpc) is 3.32. The minimum absolute atomic E-state index is 0.599. The van der Waals surface area contributed by atoms with E-state index in [1.54, 1.807) is 11.3 Å². The number of aryl methyl sites for hydroxylation is 1. The van der Waals surface area contributed by atoms with Crippen LogP contribution in [-0.2, 0) is 13.6 Å². The normalized spacial score (nSPS) is 15.6. The molecule has 1 aliphatic heterocycles. The lowest BCUT2D eigenvalue weighted by Crippen LogP contribution is -2.43. The topological polar surface area (TPSA) is 50.1 Å². The molecule has 2 aromatic heterocycles. The van der Waals surface area contributed by atoms with Crippen molar-refractivity contribution in [3.63, 3.8) is 0 Å². The zero-order valence-corrected chi connectivity index (χ0v) is 17.0. The molecule has 0 aliphatic carbocycles. The van der Waals surface area contributed by atoms with E-state index in [1.165, 1.54) is 11.3 Å². The number of hydrogen-bond acceptors (Lipinski definition) is 6. The van der Waals surface area contributed by atoms with Crippen LogP contribution >= 0.6 is 11.3 Å². The summed E-state index contributed by atoms with van der Waals surface area (Å²) in [6.45, 7) is 5.16. The molecule has 3 aromatic rings. The van der Waals surface area contributed by atoms with Gasteiger partial charge in [0.2, 0.25) is 5.13 Å². The molecular formula is C20H26N6S. The molecule has 1 aromatic carbocycles. The lowest BCUT2D eigenvalue weighted by Gasteiger charge is -2.36. The number of rotatable bonds is 5. The van der Waals surface area contributed by atoms with Gasteiger partial charge < -0.3 is 4.90 Å². The zero-order valence-electron chi connectivity index (χ0n) is 16.2. The Hall–Kier alpha value is -2.25. The van der Waals surface area contributed by atoms with Crippen LogP contribution in [0.3, 0.4) is 0 Å². The van der Waals surface area contributed by atoms with Crippen molar-refractivity contribution in [1.82, 2.24) is 24.9 Å². The first-order valence-electron chi connectivity index (χ1n) is 9.43. The Balaban J connectivity index is 1.35. The van der Waals surface area contributed by atoms with Gasteiger partial charge in [0.25, 0.3) is 0 Å². The molecule has 0 bridgehead atoms. The molecule has 142 valence electrons. The molecule has 27 heavy (non-hydrogen) atoms. The Labute approximate surface area is 164 Å². The number of aromatic nitrogens is 4. The summed E-state index contributed by atoms with van der Waals surface area (Å²) in [6, 6.07) is 10.9. The van der Waals surface area contributed by atoms with Gasteiger partial charge in [-0.25, -0.2) is 0 Å². The second-order valence-corrected chi connectivity index (χ2v) is 8.22. The Morgan fingerprint density at radius 1 is 1.15 bits per heavy atom. The molecule has 0 N–H and O–H groups in total. The Kier molecular flexibility index (Phi) is 5.22. The molecule has 0 atom stereocenters. The summed E-state index contributed by atoms with van der Waals surface area (Å²) in [5, 5.41) is 15.2. The Morgan fingerprint density at radius 2 is 1.89 bits per heavy atom.